The van der Waals surface area contributed by atoms with Crippen molar-refractivity contribution >= 4 is 0 Å². The van der Waals surface area contributed by atoms with Gasteiger partial charge in [-0.1, -0.05) is 0 Å². The summed E-state index contributed by atoms with van der Waals surface area (Å²) < 4.78 is 37.2. The zero-order chi connectivity index (χ0) is 33.3. The minimum atomic E-state index is -1.88. The lowest BCUT2D eigenvalue weighted by molar-refractivity contribution is -0.346. The number of aliphatic hydroxyl groups is 14. The maximum Gasteiger partial charge on any atom is 0.186 e. The maximum atomic E-state index is 10.4. The highest BCUT2D eigenvalue weighted by molar-refractivity contribution is 4.94. The third-order valence-electron chi connectivity index (χ3n) is 8.15. The van der Waals surface area contributed by atoms with Gasteiger partial charge in [0.05, 0.1) is 26.4 Å². The molecule has 0 aromatic heterocycles. The summed E-state index contributed by atoms with van der Waals surface area (Å²) in [5, 5.41) is 141. The van der Waals surface area contributed by atoms with Gasteiger partial charge in [-0.15, -0.1) is 0 Å². The van der Waals surface area contributed by atoms with Crippen molar-refractivity contribution in [1.29, 1.82) is 0 Å². The van der Waals surface area contributed by atoms with Gasteiger partial charge in [0, 0.05) is 0 Å². The van der Waals surface area contributed by atoms with Gasteiger partial charge in [0.1, 0.15) is 97.7 Å². The van der Waals surface area contributed by atoms with Crippen LogP contribution >= 0.6 is 0 Å². The van der Waals surface area contributed by atoms with E-state index in [4.69, 9.17) is 33.2 Å². The molecule has 4 aliphatic heterocycles. The first-order chi connectivity index (χ1) is 21.2. The Morgan fingerprint density at radius 3 is 0.978 bits per heavy atom. The average Bonchev–Trinajstić information content (AvgIpc) is 3.02. The largest absolute Gasteiger partial charge is 0.394 e. The molecule has 0 bridgehead atoms. The topological polar surface area (TPSA) is 348 Å². The van der Waals surface area contributed by atoms with Gasteiger partial charge in [-0.05, 0) is 0 Å². The quantitative estimate of drug-likeness (QED) is 0.103. The van der Waals surface area contributed by atoms with Crippen LogP contribution in [0.1, 0.15) is 0 Å². The minimum absolute atomic E-state index is 0.633. The highest BCUT2D eigenvalue weighted by Gasteiger charge is 2.50. The fourth-order valence-corrected chi connectivity index (χ4v) is 5.23. The second-order valence-corrected chi connectivity index (χ2v) is 11.3. The van der Waals surface area contributed by atoms with Crippen molar-refractivity contribution in [3.63, 3.8) is 0 Å². The second kappa shape index (κ2) is 15.6. The third-order valence-corrected chi connectivity index (χ3v) is 8.15. The molecule has 45 heavy (non-hydrogen) atoms. The SMILES string of the molecule is OCC1OC(OCC2OC(OCC3OC(OCC4OC(O)C(O)C(O)C4O)C(O)C(O)C3O)C(O)C(O)C2O)C(O)C(O)C1O. The molecule has 0 aromatic rings. The predicted molar refractivity (Wildman–Crippen MR) is 134 cm³/mol. The Labute approximate surface area is 254 Å². The van der Waals surface area contributed by atoms with E-state index in [1.807, 2.05) is 0 Å². The molecule has 4 saturated heterocycles. The molecular formula is C24H42O21. The first-order valence-corrected chi connectivity index (χ1v) is 14.1. The highest BCUT2D eigenvalue weighted by atomic mass is 16.7. The molecule has 4 fully saturated rings. The lowest BCUT2D eigenvalue weighted by Gasteiger charge is -2.44. The summed E-state index contributed by atoms with van der Waals surface area (Å²) in [6, 6.07) is 0. The van der Waals surface area contributed by atoms with Gasteiger partial charge in [-0.25, -0.2) is 0 Å². The van der Waals surface area contributed by atoms with Crippen LogP contribution in [0.15, 0.2) is 0 Å². The summed E-state index contributed by atoms with van der Waals surface area (Å²) in [5.41, 5.74) is 0. The maximum absolute atomic E-state index is 10.4. The van der Waals surface area contributed by atoms with Crippen LogP contribution in [0.25, 0.3) is 0 Å². The van der Waals surface area contributed by atoms with E-state index in [0.717, 1.165) is 0 Å². The third kappa shape index (κ3) is 7.91. The van der Waals surface area contributed by atoms with Gasteiger partial charge in [0.25, 0.3) is 0 Å². The van der Waals surface area contributed by atoms with Gasteiger partial charge < -0.3 is 105 Å². The summed E-state index contributed by atoms with van der Waals surface area (Å²) in [6.45, 7) is -2.67. The van der Waals surface area contributed by atoms with E-state index < -0.39 is 149 Å². The molecule has 0 amide bonds. The van der Waals surface area contributed by atoms with Crippen LogP contribution in [0.5, 0.6) is 0 Å². The summed E-state index contributed by atoms with van der Waals surface area (Å²) in [7, 11) is 0. The molecule has 4 rings (SSSR count). The van der Waals surface area contributed by atoms with E-state index in [1.165, 1.54) is 0 Å². The van der Waals surface area contributed by atoms with Crippen LogP contribution in [-0.4, -0.2) is 221 Å². The Morgan fingerprint density at radius 1 is 0.333 bits per heavy atom. The van der Waals surface area contributed by atoms with Crippen molar-refractivity contribution in [1.82, 2.24) is 0 Å². The standard InChI is InChI=1S/C24H42O21/c25-1-5-9(26)14(31)18(35)22(43-5)40-3-7-11(28)16(33)20(37)24(45-7)41-4-8-12(29)15(32)19(36)23(44-8)39-2-6-10(27)13(30)17(34)21(38)42-6/h5-38H,1-4H2. The van der Waals surface area contributed by atoms with Crippen LogP contribution in [0, 0.1) is 0 Å². The van der Waals surface area contributed by atoms with Crippen molar-refractivity contribution in [3.8, 4) is 0 Å². The Kier molecular flexibility index (Phi) is 12.8. The number of hydrogen-bond donors (Lipinski definition) is 14. The number of hydrogen-bond acceptors (Lipinski definition) is 21. The van der Waals surface area contributed by atoms with Crippen molar-refractivity contribution in [3.05, 3.63) is 0 Å². The molecule has 264 valence electrons. The zero-order valence-electron chi connectivity index (χ0n) is 23.5. The molecule has 20 unspecified atom stereocenters. The lowest BCUT2D eigenvalue weighted by Crippen LogP contribution is -2.63. The van der Waals surface area contributed by atoms with Gasteiger partial charge >= 0.3 is 0 Å². The molecule has 0 spiro atoms. The molecular weight excluding hydrogens is 624 g/mol. The predicted octanol–water partition coefficient (Wildman–Crippen LogP) is -9.75. The molecule has 0 aliphatic carbocycles. The second-order valence-electron chi connectivity index (χ2n) is 11.3. The number of rotatable bonds is 10. The number of aliphatic hydroxyl groups excluding tert-OH is 14. The lowest BCUT2D eigenvalue weighted by atomic mass is 9.98. The first-order valence-electron chi connectivity index (χ1n) is 14.1. The molecule has 21 heteroatoms. The van der Waals surface area contributed by atoms with Gasteiger partial charge in [0.15, 0.2) is 25.2 Å². The Morgan fingerprint density at radius 2 is 0.622 bits per heavy atom. The highest BCUT2D eigenvalue weighted by Crippen LogP contribution is 2.29. The fourth-order valence-electron chi connectivity index (χ4n) is 5.23. The van der Waals surface area contributed by atoms with Crippen molar-refractivity contribution in [2.45, 2.75) is 123 Å². The summed E-state index contributed by atoms with van der Waals surface area (Å²) >= 11 is 0. The average molecular weight is 667 g/mol. The normalized spacial score (nSPS) is 52.9. The zero-order valence-corrected chi connectivity index (χ0v) is 23.5. The Bertz CT molecular complexity index is 916. The summed E-state index contributed by atoms with van der Waals surface area (Å²) in [4.78, 5) is 0. The van der Waals surface area contributed by atoms with E-state index in [2.05, 4.69) is 0 Å². The molecule has 0 radical (unpaired) electrons. The van der Waals surface area contributed by atoms with Crippen molar-refractivity contribution in [2.24, 2.45) is 0 Å². The summed E-state index contributed by atoms with van der Waals surface area (Å²) in [6.07, 6.45) is -34.1. The van der Waals surface area contributed by atoms with Crippen LogP contribution in [0.2, 0.25) is 0 Å². The molecule has 0 saturated carbocycles. The number of ether oxygens (including phenoxy) is 7. The van der Waals surface area contributed by atoms with Crippen LogP contribution in [0.4, 0.5) is 0 Å². The van der Waals surface area contributed by atoms with E-state index in [-0.39, 0.29) is 0 Å². The smallest absolute Gasteiger partial charge is 0.186 e. The van der Waals surface area contributed by atoms with E-state index in [9.17, 15) is 71.5 Å². The van der Waals surface area contributed by atoms with Crippen molar-refractivity contribution in [2.75, 3.05) is 26.4 Å². The van der Waals surface area contributed by atoms with Crippen LogP contribution in [0.3, 0.4) is 0 Å². The van der Waals surface area contributed by atoms with Gasteiger partial charge in [0.2, 0.25) is 0 Å². The molecule has 20 atom stereocenters. The molecule has 4 aliphatic rings. The van der Waals surface area contributed by atoms with E-state index in [0.29, 0.717) is 0 Å². The van der Waals surface area contributed by atoms with Crippen LogP contribution < -0.4 is 0 Å². The van der Waals surface area contributed by atoms with E-state index >= 15 is 0 Å². The minimum Gasteiger partial charge on any atom is -0.394 e. The molecule has 0 aromatic carbocycles. The molecule has 14 N–H and O–H groups in total. The fraction of sp³-hybridized carbons (Fsp3) is 1.00. The summed E-state index contributed by atoms with van der Waals surface area (Å²) in [5.74, 6) is 0. The van der Waals surface area contributed by atoms with E-state index in [1.54, 1.807) is 0 Å². The monoisotopic (exact) mass is 666 g/mol. The Balaban J connectivity index is 1.33. The molecule has 21 nitrogen and oxygen atoms in total. The van der Waals surface area contributed by atoms with Gasteiger partial charge in [-0.3, -0.25) is 0 Å². The van der Waals surface area contributed by atoms with Crippen LogP contribution in [-0.2, 0) is 33.2 Å². The van der Waals surface area contributed by atoms with Gasteiger partial charge in [-0.2, -0.15) is 0 Å². The van der Waals surface area contributed by atoms with Crippen molar-refractivity contribution < 1.29 is 105 Å². The first kappa shape index (κ1) is 37.0. The Hall–Kier alpha value is -0.840. The molecule has 4 heterocycles.